The fraction of sp³-hybridized carbons (Fsp3) is 0.0870. The summed E-state index contributed by atoms with van der Waals surface area (Å²) >= 11 is 0. The molecular formula is C46H23F12N3. The fourth-order valence-electron chi connectivity index (χ4n) is 7.66. The summed E-state index contributed by atoms with van der Waals surface area (Å²) in [5.74, 6) is 0. The SMILES string of the molecule is N#Cc1cc(-n2c3c(-c4ccc(C(F)(F)F)cc4C(F)(F)F)cccc3c3cccc(-c4ccc(C(F)(F)F)cc4C(F)(F)F)c32)c(-c2ccccc2)cc1-c1ccncc1. The number of hydrogen-bond acceptors (Lipinski definition) is 2. The highest BCUT2D eigenvalue weighted by atomic mass is 19.4. The molecule has 0 amide bonds. The van der Waals surface area contributed by atoms with Crippen LogP contribution in [-0.4, -0.2) is 9.55 Å². The van der Waals surface area contributed by atoms with Crippen molar-refractivity contribution >= 4 is 21.8 Å². The minimum Gasteiger partial charge on any atom is -0.307 e. The van der Waals surface area contributed by atoms with Crippen molar-refractivity contribution in [2.75, 3.05) is 0 Å². The Morgan fingerprint density at radius 1 is 0.426 bits per heavy atom. The van der Waals surface area contributed by atoms with Gasteiger partial charge in [-0.2, -0.15) is 57.9 Å². The Balaban J connectivity index is 1.61. The summed E-state index contributed by atoms with van der Waals surface area (Å²) in [6.45, 7) is 0. The van der Waals surface area contributed by atoms with Crippen molar-refractivity contribution in [1.82, 2.24) is 9.55 Å². The highest BCUT2D eigenvalue weighted by molar-refractivity contribution is 6.18. The first-order chi connectivity index (χ1) is 28.8. The van der Waals surface area contributed by atoms with E-state index >= 15 is 0 Å². The normalized spacial score (nSPS) is 12.6. The van der Waals surface area contributed by atoms with E-state index < -0.39 is 58.1 Å². The third kappa shape index (κ3) is 7.32. The number of benzene rings is 6. The lowest BCUT2D eigenvalue weighted by molar-refractivity contribution is -0.144. The minimum atomic E-state index is -5.35. The van der Waals surface area contributed by atoms with Crippen LogP contribution in [0.2, 0.25) is 0 Å². The van der Waals surface area contributed by atoms with Crippen LogP contribution in [0.1, 0.15) is 27.8 Å². The zero-order valence-electron chi connectivity index (χ0n) is 30.7. The van der Waals surface area contributed by atoms with E-state index in [9.17, 15) is 57.9 Å². The van der Waals surface area contributed by atoms with Crippen LogP contribution in [-0.2, 0) is 24.7 Å². The van der Waals surface area contributed by atoms with Crippen molar-refractivity contribution < 1.29 is 52.7 Å². The van der Waals surface area contributed by atoms with Crippen molar-refractivity contribution in [3.63, 3.8) is 0 Å². The summed E-state index contributed by atoms with van der Waals surface area (Å²) in [5, 5.41) is 10.8. The highest BCUT2D eigenvalue weighted by Gasteiger charge is 2.41. The summed E-state index contributed by atoms with van der Waals surface area (Å²) in [6, 6.07) is 26.9. The zero-order valence-corrected chi connectivity index (χ0v) is 30.7. The molecule has 0 saturated carbocycles. The van der Waals surface area contributed by atoms with Gasteiger partial charge in [-0.15, -0.1) is 0 Å². The quantitative estimate of drug-likeness (QED) is 0.162. The molecule has 0 radical (unpaired) electrons. The van der Waals surface area contributed by atoms with Gasteiger partial charge in [0.1, 0.15) is 0 Å². The summed E-state index contributed by atoms with van der Waals surface area (Å²) < 4.78 is 174. The second-order valence-corrected chi connectivity index (χ2v) is 13.9. The lowest BCUT2D eigenvalue weighted by Crippen LogP contribution is -2.12. The van der Waals surface area contributed by atoms with Crippen molar-refractivity contribution in [3.05, 3.63) is 168 Å². The molecule has 2 heterocycles. The van der Waals surface area contributed by atoms with E-state index in [0.29, 0.717) is 46.5 Å². The summed E-state index contributed by atoms with van der Waals surface area (Å²) in [4.78, 5) is 4.02. The van der Waals surface area contributed by atoms with Gasteiger partial charge in [0.2, 0.25) is 0 Å². The predicted octanol–water partition coefficient (Wildman–Crippen LogP) is 14.8. The Labute approximate surface area is 337 Å². The van der Waals surface area contributed by atoms with Crippen molar-refractivity contribution in [2.45, 2.75) is 24.7 Å². The maximum atomic E-state index is 14.9. The van der Waals surface area contributed by atoms with E-state index in [1.165, 1.54) is 59.4 Å². The molecule has 0 aliphatic heterocycles. The number of nitriles is 1. The zero-order chi connectivity index (χ0) is 43.6. The van der Waals surface area contributed by atoms with Gasteiger partial charge in [0.05, 0.1) is 50.6 Å². The Morgan fingerprint density at radius 2 is 0.902 bits per heavy atom. The van der Waals surface area contributed by atoms with Crippen molar-refractivity contribution in [1.29, 1.82) is 5.26 Å². The van der Waals surface area contributed by atoms with Gasteiger partial charge in [-0.25, -0.2) is 0 Å². The van der Waals surface area contributed by atoms with Crippen molar-refractivity contribution in [2.24, 2.45) is 0 Å². The molecule has 0 unspecified atom stereocenters. The Hall–Kier alpha value is -7.08. The molecule has 2 aromatic heterocycles. The number of fused-ring (bicyclic) bond motifs is 3. The van der Waals surface area contributed by atoms with Gasteiger partial charge in [0, 0.05) is 45.4 Å². The topological polar surface area (TPSA) is 41.6 Å². The number of rotatable bonds is 5. The fourth-order valence-corrected chi connectivity index (χ4v) is 7.66. The van der Waals surface area contributed by atoms with Crippen LogP contribution in [0.15, 0.2) is 140 Å². The maximum Gasteiger partial charge on any atom is 0.417 e. The van der Waals surface area contributed by atoms with E-state index in [2.05, 4.69) is 11.1 Å². The molecule has 0 N–H and O–H groups in total. The number of alkyl halides is 12. The van der Waals surface area contributed by atoms with Gasteiger partial charge in [-0.1, -0.05) is 78.9 Å². The lowest BCUT2D eigenvalue weighted by Gasteiger charge is -2.22. The van der Waals surface area contributed by atoms with Gasteiger partial charge >= 0.3 is 24.7 Å². The van der Waals surface area contributed by atoms with Gasteiger partial charge < -0.3 is 4.57 Å². The van der Waals surface area contributed by atoms with Gasteiger partial charge in [-0.05, 0) is 70.8 Å². The minimum absolute atomic E-state index is 0.00173. The number of para-hydroxylation sites is 2. The number of aromatic nitrogens is 2. The molecule has 0 aliphatic rings. The third-order valence-electron chi connectivity index (χ3n) is 10.3. The standard InChI is InChI=1S/C46H23F12N3/c47-43(48,49)28-12-14-30(38(21-28)45(53,54)55)32-8-4-10-34-35-11-5-9-33(31-15-13-29(44(50,51)52)22-39(31)46(56,57)58)42(35)61(41(32)34)40-20-27(24-59)36(26-16-18-60-19-17-26)23-37(40)25-6-2-1-3-7-25/h1-23H. The number of hydrogen-bond donors (Lipinski definition) is 0. The van der Waals surface area contributed by atoms with Crippen LogP contribution < -0.4 is 0 Å². The average Bonchev–Trinajstić information content (AvgIpc) is 3.57. The van der Waals surface area contributed by atoms with E-state index in [4.69, 9.17) is 0 Å². The Morgan fingerprint density at radius 3 is 1.34 bits per heavy atom. The Kier molecular flexibility index (Phi) is 9.72. The number of halogens is 12. The molecule has 8 aromatic rings. The van der Waals surface area contributed by atoms with E-state index in [1.807, 2.05) is 0 Å². The second-order valence-electron chi connectivity index (χ2n) is 13.9. The lowest BCUT2D eigenvalue weighted by atomic mass is 9.92. The smallest absolute Gasteiger partial charge is 0.307 e. The second kappa shape index (κ2) is 14.6. The van der Waals surface area contributed by atoms with Gasteiger partial charge in [0.15, 0.2) is 0 Å². The average molecular weight is 846 g/mol. The predicted molar refractivity (Wildman–Crippen MR) is 205 cm³/mol. The molecule has 306 valence electrons. The molecule has 15 heteroatoms. The van der Waals surface area contributed by atoms with Crippen LogP contribution in [0.4, 0.5) is 52.7 Å². The van der Waals surface area contributed by atoms with Gasteiger partial charge in [0.25, 0.3) is 0 Å². The molecule has 0 fully saturated rings. The molecule has 0 spiro atoms. The molecular weight excluding hydrogens is 823 g/mol. The monoisotopic (exact) mass is 845 g/mol. The first kappa shape index (κ1) is 40.7. The van der Waals surface area contributed by atoms with E-state index in [0.717, 1.165) is 0 Å². The molecule has 0 atom stereocenters. The molecule has 61 heavy (non-hydrogen) atoms. The van der Waals surface area contributed by atoms with Crippen LogP contribution in [0.3, 0.4) is 0 Å². The van der Waals surface area contributed by atoms with Crippen LogP contribution in [0, 0.1) is 11.3 Å². The third-order valence-corrected chi connectivity index (χ3v) is 10.3. The summed E-state index contributed by atoms with van der Waals surface area (Å²) in [7, 11) is 0. The van der Waals surface area contributed by atoms with Crippen LogP contribution in [0.5, 0.6) is 0 Å². The molecule has 0 bridgehead atoms. The largest absolute Gasteiger partial charge is 0.417 e. The van der Waals surface area contributed by atoms with Crippen molar-refractivity contribution in [3.8, 4) is 56.3 Å². The first-order valence-corrected chi connectivity index (χ1v) is 18.0. The number of nitrogens with zero attached hydrogens (tertiary/aromatic N) is 3. The maximum absolute atomic E-state index is 14.9. The molecule has 0 aliphatic carbocycles. The van der Waals surface area contributed by atoms with Crippen LogP contribution in [0.25, 0.3) is 72.0 Å². The summed E-state index contributed by atoms with van der Waals surface area (Å²) in [6.07, 6.45) is -18.1. The summed E-state index contributed by atoms with van der Waals surface area (Å²) in [5.41, 5.74) is -7.02. The first-order valence-electron chi connectivity index (χ1n) is 18.0. The van der Waals surface area contributed by atoms with Gasteiger partial charge in [-0.3, -0.25) is 4.98 Å². The molecule has 0 saturated heterocycles. The highest BCUT2D eigenvalue weighted by Crippen LogP contribution is 2.50. The molecule has 3 nitrogen and oxygen atoms in total. The molecule has 8 rings (SSSR count). The van der Waals surface area contributed by atoms with E-state index in [1.54, 1.807) is 48.5 Å². The Bertz CT molecular complexity index is 2890. The molecule has 6 aromatic carbocycles. The number of pyridine rings is 1. The van der Waals surface area contributed by atoms with E-state index in [-0.39, 0.29) is 56.3 Å². The van der Waals surface area contributed by atoms with Crippen LogP contribution >= 0.6 is 0 Å².